The van der Waals surface area contributed by atoms with Crippen LogP contribution in [-0.4, -0.2) is 4.92 Å². The predicted molar refractivity (Wildman–Crippen MR) is 24.1 cm³/mol. The van der Waals surface area contributed by atoms with Crippen LogP contribution in [0.3, 0.4) is 0 Å². The van der Waals surface area contributed by atoms with Gasteiger partial charge in [0.2, 0.25) is 0 Å². The molecular weight excluding hydrogens is 116 g/mol. The molecule has 0 amide bonds. The van der Waals surface area contributed by atoms with E-state index < -0.39 is 0 Å². The van der Waals surface area contributed by atoms with E-state index >= 15 is 0 Å². The van der Waals surface area contributed by atoms with Crippen molar-refractivity contribution in [2.75, 3.05) is 0 Å². The minimum absolute atomic E-state index is 1.46. The molecule has 0 radical (unpaired) electrons. The summed E-state index contributed by atoms with van der Waals surface area (Å²) >= 11 is 3.44. The first-order valence-electron chi connectivity index (χ1n) is 1.54. The zero-order valence-corrected chi connectivity index (χ0v) is 4.34. The van der Waals surface area contributed by atoms with Crippen LogP contribution < -0.4 is 0 Å². The first-order chi connectivity index (χ1) is 2.91. The van der Waals surface area contributed by atoms with E-state index in [9.17, 15) is 0 Å². The SMILES string of the molecule is [CH-]=C/C=C\[CH]=[Fe+]. The molecule has 0 bridgehead atoms. The molecule has 0 nitrogen and oxygen atoms in total. The number of hydrogen-bond donors (Lipinski definition) is 0. The fraction of sp³-hybridized carbons (Fsp3) is 0. The second kappa shape index (κ2) is 4.87. The Kier molecular flexibility index (Phi) is 4.76. The molecule has 1 heteroatoms. The first kappa shape index (κ1) is 5.87. The summed E-state index contributed by atoms with van der Waals surface area (Å²) in [6.45, 7) is 4.96. The minimum atomic E-state index is 1.46. The van der Waals surface area contributed by atoms with E-state index in [1.165, 1.54) is 6.08 Å². The summed E-state index contributed by atoms with van der Waals surface area (Å²) in [5.74, 6) is 0. The van der Waals surface area contributed by atoms with Gasteiger partial charge in [0.1, 0.15) is 0 Å². The second-order valence-corrected chi connectivity index (χ2v) is 1.06. The zero-order chi connectivity index (χ0) is 4.83. The van der Waals surface area contributed by atoms with E-state index in [2.05, 4.69) is 15.6 Å². The molecule has 0 aliphatic rings. The van der Waals surface area contributed by atoms with Crippen molar-refractivity contribution in [2.45, 2.75) is 0 Å². The van der Waals surface area contributed by atoms with Crippen LogP contribution in [0.4, 0.5) is 0 Å². The van der Waals surface area contributed by atoms with Crippen molar-refractivity contribution in [1.82, 2.24) is 0 Å². The summed E-state index contributed by atoms with van der Waals surface area (Å²) in [7, 11) is 0. The summed E-state index contributed by atoms with van der Waals surface area (Å²) < 4.78 is 0. The molecule has 0 heterocycles. The Morgan fingerprint density at radius 2 is 2.00 bits per heavy atom. The van der Waals surface area contributed by atoms with Gasteiger partial charge in [-0.05, 0) is 0 Å². The summed E-state index contributed by atoms with van der Waals surface area (Å²) in [5, 5.41) is 0. The number of rotatable bonds is 2. The van der Waals surface area contributed by atoms with Crippen LogP contribution in [0.1, 0.15) is 0 Å². The van der Waals surface area contributed by atoms with Crippen molar-refractivity contribution >= 4 is 4.92 Å². The molecular formula is C5H5Fe. The standard InChI is InChI=1S/C5H5.Fe/c1-3-5-4-2;/h1-5H;/q-1;+1/b5-3-;. The van der Waals surface area contributed by atoms with Gasteiger partial charge in [0.25, 0.3) is 0 Å². The third-order valence-corrected chi connectivity index (χ3v) is 0.503. The molecule has 0 saturated carbocycles. The molecule has 0 spiro atoms. The second-order valence-electron chi connectivity index (χ2n) is 0.695. The van der Waals surface area contributed by atoms with Crippen molar-refractivity contribution in [3.8, 4) is 0 Å². The third kappa shape index (κ3) is 3.87. The Morgan fingerprint density at radius 3 is 2.17 bits per heavy atom. The topological polar surface area (TPSA) is 0 Å². The Labute approximate surface area is 45.9 Å². The zero-order valence-electron chi connectivity index (χ0n) is 3.24. The molecule has 0 aliphatic heterocycles. The predicted octanol–water partition coefficient (Wildman–Crippen LogP) is 0.881. The van der Waals surface area contributed by atoms with Crippen molar-refractivity contribution in [3.05, 3.63) is 24.8 Å². The van der Waals surface area contributed by atoms with Gasteiger partial charge in [-0.1, -0.05) is 0 Å². The van der Waals surface area contributed by atoms with E-state index in [1.54, 1.807) is 17.1 Å². The summed E-state index contributed by atoms with van der Waals surface area (Å²) in [6, 6.07) is 0. The van der Waals surface area contributed by atoms with Gasteiger partial charge < -0.3 is 0 Å². The van der Waals surface area contributed by atoms with Crippen molar-refractivity contribution in [1.29, 1.82) is 0 Å². The molecule has 0 aliphatic carbocycles. The van der Waals surface area contributed by atoms with E-state index in [4.69, 9.17) is 6.58 Å². The van der Waals surface area contributed by atoms with E-state index in [-0.39, 0.29) is 0 Å². The monoisotopic (exact) mass is 121 g/mol. The Balaban J connectivity index is 3.17. The van der Waals surface area contributed by atoms with Crippen LogP contribution in [0.5, 0.6) is 0 Å². The fourth-order valence-corrected chi connectivity index (χ4v) is 0.226. The van der Waals surface area contributed by atoms with Gasteiger partial charge in [-0.2, -0.15) is 0 Å². The van der Waals surface area contributed by atoms with Crippen LogP contribution in [0.2, 0.25) is 0 Å². The van der Waals surface area contributed by atoms with E-state index in [0.29, 0.717) is 0 Å². The molecule has 0 aromatic heterocycles. The molecule has 0 unspecified atom stereocenters. The van der Waals surface area contributed by atoms with Gasteiger partial charge in [0.05, 0.1) is 0 Å². The van der Waals surface area contributed by atoms with Crippen LogP contribution in [0.25, 0.3) is 0 Å². The summed E-state index contributed by atoms with van der Waals surface area (Å²) in [4.78, 5) is 1.67. The van der Waals surface area contributed by atoms with E-state index in [0.717, 1.165) is 0 Å². The Morgan fingerprint density at radius 1 is 1.33 bits per heavy atom. The van der Waals surface area contributed by atoms with Gasteiger partial charge in [0, 0.05) is 0 Å². The molecule has 0 atom stereocenters. The quantitative estimate of drug-likeness (QED) is 0.289. The Hall–Kier alpha value is -0.131. The van der Waals surface area contributed by atoms with Gasteiger partial charge in [0.15, 0.2) is 0 Å². The molecule has 33 valence electrons. The van der Waals surface area contributed by atoms with Gasteiger partial charge in [-0.3, -0.25) is 0 Å². The molecule has 0 aromatic carbocycles. The van der Waals surface area contributed by atoms with Crippen LogP contribution in [0.15, 0.2) is 18.2 Å². The molecule has 0 rings (SSSR count). The van der Waals surface area contributed by atoms with E-state index in [1.807, 2.05) is 0 Å². The summed E-state index contributed by atoms with van der Waals surface area (Å²) in [6.07, 6.45) is 4.94. The Bertz CT molecular complexity index is 62.0. The normalized spacial score (nSPS) is 8.67. The average Bonchev–Trinajstić information content (AvgIpc) is 1.61. The molecule has 0 fully saturated rings. The van der Waals surface area contributed by atoms with Crippen LogP contribution >= 0.6 is 0 Å². The van der Waals surface area contributed by atoms with Crippen LogP contribution in [-0.2, 0) is 15.6 Å². The third-order valence-electron chi connectivity index (χ3n) is 0.290. The number of hydrogen-bond acceptors (Lipinski definition) is 0. The van der Waals surface area contributed by atoms with Crippen molar-refractivity contribution in [2.24, 2.45) is 0 Å². The number of allylic oxidation sites excluding steroid dienone is 3. The van der Waals surface area contributed by atoms with Crippen molar-refractivity contribution in [3.63, 3.8) is 0 Å². The molecule has 6 heavy (non-hydrogen) atoms. The maximum atomic E-state index is 4.96. The fourth-order valence-electron chi connectivity index (χ4n) is 0.103. The molecule has 0 N–H and O–H groups in total. The van der Waals surface area contributed by atoms with Crippen molar-refractivity contribution < 1.29 is 15.6 Å². The maximum absolute atomic E-state index is 4.96. The molecule has 0 aromatic rings. The summed E-state index contributed by atoms with van der Waals surface area (Å²) in [5.41, 5.74) is 0. The van der Waals surface area contributed by atoms with Crippen LogP contribution in [0, 0.1) is 6.58 Å². The molecule has 0 saturated heterocycles. The first-order valence-corrected chi connectivity index (χ1v) is 2.17. The van der Waals surface area contributed by atoms with Gasteiger partial charge in [-0.15, -0.1) is 0 Å². The van der Waals surface area contributed by atoms with Gasteiger partial charge in [-0.25, -0.2) is 0 Å². The van der Waals surface area contributed by atoms with Gasteiger partial charge >= 0.3 is 45.3 Å². The average molecular weight is 121 g/mol.